The van der Waals surface area contributed by atoms with Crippen molar-refractivity contribution in [3.8, 4) is 0 Å². The van der Waals surface area contributed by atoms with Gasteiger partial charge in [0.05, 0.1) is 17.0 Å². The Morgan fingerprint density at radius 2 is 2.04 bits per heavy atom. The summed E-state index contributed by atoms with van der Waals surface area (Å²) in [5, 5.41) is 9.26. The van der Waals surface area contributed by atoms with E-state index in [4.69, 9.17) is 0 Å². The number of carbonyl (C=O) groups is 3. The molecule has 2 saturated heterocycles. The molecule has 1 aromatic rings. The molecule has 2 unspecified atom stereocenters. The van der Waals surface area contributed by atoms with Gasteiger partial charge in [0.25, 0.3) is 0 Å². The fraction of sp³-hybridized carbons (Fsp3) is 0.471. The summed E-state index contributed by atoms with van der Waals surface area (Å²) in [4.78, 5) is 38.9. The SMILES string of the molecule is CC1(C(=O)O)CCN(C(=O)C2CC(=O)N(c3ccccc3F)C2)C1. The number of para-hydroxylation sites is 1. The summed E-state index contributed by atoms with van der Waals surface area (Å²) in [6.45, 7) is 2.25. The molecular weight excluding hydrogens is 315 g/mol. The van der Waals surface area contributed by atoms with E-state index >= 15 is 0 Å². The first-order chi connectivity index (χ1) is 11.3. The monoisotopic (exact) mass is 334 g/mol. The summed E-state index contributed by atoms with van der Waals surface area (Å²) in [6.07, 6.45) is 0.416. The number of anilines is 1. The predicted molar refractivity (Wildman–Crippen MR) is 83.8 cm³/mol. The molecular formula is C17H19FN2O4. The number of rotatable bonds is 3. The molecule has 2 heterocycles. The topological polar surface area (TPSA) is 77.9 Å². The number of hydrogen-bond acceptors (Lipinski definition) is 3. The van der Waals surface area contributed by atoms with Crippen LogP contribution in [0.4, 0.5) is 10.1 Å². The number of halogens is 1. The van der Waals surface area contributed by atoms with Crippen LogP contribution in [0.25, 0.3) is 0 Å². The average Bonchev–Trinajstić information content (AvgIpc) is 3.12. The first-order valence-electron chi connectivity index (χ1n) is 7.89. The van der Waals surface area contributed by atoms with Crippen LogP contribution < -0.4 is 4.90 Å². The van der Waals surface area contributed by atoms with Gasteiger partial charge in [-0.05, 0) is 25.5 Å². The van der Waals surface area contributed by atoms with E-state index in [0.717, 1.165) is 0 Å². The molecule has 7 heteroatoms. The lowest BCUT2D eigenvalue weighted by molar-refractivity contribution is -0.147. The van der Waals surface area contributed by atoms with E-state index in [1.54, 1.807) is 19.1 Å². The van der Waals surface area contributed by atoms with Crippen LogP contribution in [0.2, 0.25) is 0 Å². The number of carboxylic acids is 1. The summed E-state index contributed by atoms with van der Waals surface area (Å²) in [5.41, 5.74) is -0.765. The van der Waals surface area contributed by atoms with Crippen LogP contribution in [0.1, 0.15) is 19.8 Å². The zero-order chi connectivity index (χ0) is 17.5. The minimum absolute atomic E-state index is 0.0213. The number of nitrogens with zero attached hydrogens (tertiary/aromatic N) is 2. The highest BCUT2D eigenvalue weighted by molar-refractivity contribution is 6.00. The van der Waals surface area contributed by atoms with Crippen molar-refractivity contribution in [1.82, 2.24) is 4.90 Å². The van der Waals surface area contributed by atoms with Gasteiger partial charge < -0.3 is 14.9 Å². The first kappa shape index (κ1) is 16.4. The van der Waals surface area contributed by atoms with E-state index in [1.807, 2.05) is 0 Å². The number of aliphatic carboxylic acids is 1. The first-order valence-corrected chi connectivity index (χ1v) is 7.89. The normalized spacial score (nSPS) is 26.9. The quantitative estimate of drug-likeness (QED) is 0.909. The second-order valence-corrected chi connectivity index (χ2v) is 6.73. The van der Waals surface area contributed by atoms with E-state index in [2.05, 4.69) is 0 Å². The zero-order valence-corrected chi connectivity index (χ0v) is 13.4. The summed E-state index contributed by atoms with van der Waals surface area (Å²) in [6, 6.07) is 5.96. The minimum atomic E-state index is -0.941. The Morgan fingerprint density at radius 1 is 1.33 bits per heavy atom. The van der Waals surface area contributed by atoms with Crippen molar-refractivity contribution in [2.24, 2.45) is 11.3 Å². The van der Waals surface area contributed by atoms with Crippen molar-refractivity contribution in [2.45, 2.75) is 19.8 Å². The largest absolute Gasteiger partial charge is 0.481 e. The van der Waals surface area contributed by atoms with Crippen LogP contribution >= 0.6 is 0 Å². The minimum Gasteiger partial charge on any atom is -0.481 e. The maximum Gasteiger partial charge on any atom is 0.311 e. The van der Waals surface area contributed by atoms with Crippen molar-refractivity contribution < 1.29 is 23.9 Å². The average molecular weight is 334 g/mol. The molecule has 1 aromatic carbocycles. The molecule has 24 heavy (non-hydrogen) atoms. The van der Waals surface area contributed by atoms with Crippen LogP contribution in [-0.4, -0.2) is 47.4 Å². The van der Waals surface area contributed by atoms with Crippen LogP contribution in [0, 0.1) is 17.2 Å². The molecule has 0 radical (unpaired) electrons. The number of amides is 2. The van der Waals surface area contributed by atoms with Crippen molar-refractivity contribution in [3.63, 3.8) is 0 Å². The van der Waals surface area contributed by atoms with Gasteiger partial charge in [0.2, 0.25) is 11.8 Å². The molecule has 128 valence electrons. The number of benzene rings is 1. The molecule has 3 rings (SSSR count). The third kappa shape index (κ3) is 2.74. The maximum atomic E-state index is 13.9. The fourth-order valence-electron chi connectivity index (χ4n) is 3.36. The highest BCUT2D eigenvalue weighted by atomic mass is 19.1. The van der Waals surface area contributed by atoms with E-state index < -0.39 is 23.1 Å². The zero-order valence-electron chi connectivity index (χ0n) is 13.4. The molecule has 0 aromatic heterocycles. The number of likely N-dealkylation sites (tertiary alicyclic amines) is 1. The highest BCUT2D eigenvalue weighted by Gasteiger charge is 2.45. The van der Waals surface area contributed by atoms with E-state index in [-0.39, 0.29) is 37.0 Å². The smallest absolute Gasteiger partial charge is 0.311 e. The van der Waals surface area contributed by atoms with E-state index in [9.17, 15) is 23.9 Å². The van der Waals surface area contributed by atoms with Gasteiger partial charge in [-0.1, -0.05) is 12.1 Å². The van der Waals surface area contributed by atoms with Gasteiger partial charge in [0.15, 0.2) is 0 Å². The molecule has 0 saturated carbocycles. The number of hydrogen-bond donors (Lipinski definition) is 1. The molecule has 1 N–H and O–H groups in total. The molecule has 0 spiro atoms. The number of carboxylic acid groups (broad SMARTS) is 1. The summed E-state index contributed by atoms with van der Waals surface area (Å²) in [7, 11) is 0. The third-order valence-electron chi connectivity index (χ3n) is 4.92. The van der Waals surface area contributed by atoms with Crippen molar-refractivity contribution in [3.05, 3.63) is 30.1 Å². The number of carbonyl (C=O) groups excluding carboxylic acids is 2. The molecule has 6 nitrogen and oxygen atoms in total. The van der Waals surface area contributed by atoms with Gasteiger partial charge in [-0.3, -0.25) is 14.4 Å². The Balaban J connectivity index is 1.71. The van der Waals surface area contributed by atoms with Crippen molar-refractivity contribution >= 4 is 23.5 Å². The Morgan fingerprint density at radius 3 is 2.67 bits per heavy atom. The molecule has 2 aliphatic heterocycles. The lowest BCUT2D eigenvalue weighted by Gasteiger charge is -2.23. The molecule has 2 aliphatic rings. The Kier molecular flexibility index (Phi) is 4.03. The molecule has 0 aliphatic carbocycles. The van der Waals surface area contributed by atoms with E-state index in [1.165, 1.54) is 21.9 Å². The second kappa shape index (κ2) is 5.89. The lowest BCUT2D eigenvalue weighted by atomic mass is 9.90. The fourth-order valence-corrected chi connectivity index (χ4v) is 3.36. The van der Waals surface area contributed by atoms with Gasteiger partial charge >= 0.3 is 5.97 Å². The van der Waals surface area contributed by atoms with Crippen LogP contribution in [-0.2, 0) is 14.4 Å². The third-order valence-corrected chi connectivity index (χ3v) is 4.92. The summed E-state index contributed by atoms with van der Waals surface area (Å²) >= 11 is 0. The van der Waals surface area contributed by atoms with Crippen LogP contribution in [0.15, 0.2) is 24.3 Å². The van der Waals surface area contributed by atoms with Crippen molar-refractivity contribution in [1.29, 1.82) is 0 Å². The molecule has 0 bridgehead atoms. The van der Waals surface area contributed by atoms with Gasteiger partial charge in [-0.15, -0.1) is 0 Å². The van der Waals surface area contributed by atoms with Gasteiger partial charge in [-0.25, -0.2) is 4.39 Å². The molecule has 2 fully saturated rings. The second-order valence-electron chi connectivity index (χ2n) is 6.73. The van der Waals surface area contributed by atoms with E-state index in [0.29, 0.717) is 13.0 Å². The van der Waals surface area contributed by atoms with Crippen LogP contribution in [0.3, 0.4) is 0 Å². The lowest BCUT2D eigenvalue weighted by Crippen LogP contribution is -2.39. The maximum absolute atomic E-state index is 13.9. The van der Waals surface area contributed by atoms with Gasteiger partial charge in [0, 0.05) is 26.1 Å². The van der Waals surface area contributed by atoms with Crippen LogP contribution in [0.5, 0.6) is 0 Å². The summed E-state index contributed by atoms with van der Waals surface area (Å²) < 4.78 is 13.9. The van der Waals surface area contributed by atoms with Gasteiger partial charge in [0.1, 0.15) is 5.82 Å². The molecule has 2 atom stereocenters. The Labute approximate surface area is 138 Å². The highest BCUT2D eigenvalue weighted by Crippen LogP contribution is 2.33. The Bertz CT molecular complexity index is 708. The standard InChI is InChI=1S/C17H19FN2O4/c1-17(16(23)24)6-7-19(10-17)15(22)11-8-14(21)20(9-11)13-5-3-2-4-12(13)18/h2-5,11H,6-10H2,1H3,(H,23,24). The van der Waals surface area contributed by atoms with Crippen molar-refractivity contribution in [2.75, 3.05) is 24.5 Å². The Hall–Kier alpha value is -2.44. The predicted octanol–water partition coefficient (Wildman–Crippen LogP) is 1.50. The van der Waals surface area contributed by atoms with Gasteiger partial charge in [-0.2, -0.15) is 0 Å². The molecule has 2 amide bonds. The summed E-state index contributed by atoms with van der Waals surface area (Å²) in [5.74, 6) is -2.51.